The van der Waals surface area contributed by atoms with E-state index in [-0.39, 0.29) is 16.7 Å². The molecule has 1 N–H and O–H groups in total. The molecule has 80 valence electrons. The van der Waals surface area contributed by atoms with Crippen LogP contribution in [0.1, 0.15) is 24.1 Å². The Morgan fingerprint density at radius 2 is 2.40 bits per heavy atom. The molecule has 0 fully saturated rings. The topological polar surface area (TPSA) is 64.4 Å². The minimum Gasteiger partial charge on any atom is -0.301 e. The second-order valence-electron chi connectivity index (χ2n) is 3.58. The zero-order chi connectivity index (χ0) is 10.8. The summed E-state index contributed by atoms with van der Waals surface area (Å²) in [7, 11) is 0. The maximum Gasteiger partial charge on any atom is 0.269 e. The monoisotopic (exact) mass is 208 g/mol. The molecule has 0 aliphatic carbocycles. The van der Waals surface area contributed by atoms with Gasteiger partial charge in [-0.2, -0.15) is 5.48 Å². The lowest BCUT2D eigenvalue weighted by molar-refractivity contribution is -0.384. The van der Waals surface area contributed by atoms with E-state index in [1.165, 1.54) is 6.07 Å². The molecule has 0 saturated heterocycles. The number of hydrogen-bond donors (Lipinski definition) is 1. The van der Waals surface area contributed by atoms with Crippen LogP contribution in [0.2, 0.25) is 0 Å². The SMILES string of the molecule is CC1NOCCc2cc([N+](=O)[O-])ccc21. The van der Waals surface area contributed by atoms with Gasteiger partial charge >= 0.3 is 0 Å². The van der Waals surface area contributed by atoms with Crippen LogP contribution in [0, 0.1) is 10.1 Å². The molecule has 0 saturated carbocycles. The number of benzene rings is 1. The predicted molar refractivity (Wildman–Crippen MR) is 54.3 cm³/mol. The van der Waals surface area contributed by atoms with E-state index in [4.69, 9.17) is 4.84 Å². The first-order chi connectivity index (χ1) is 7.18. The van der Waals surface area contributed by atoms with Crippen LogP contribution < -0.4 is 5.48 Å². The highest BCUT2D eigenvalue weighted by molar-refractivity contribution is 5.41. The number of nitrogens with one attached hydrogen (secondary N) is 1. The average Bonchev–Trinajstić information content (AvgIpc) is 2.40. The predicted octanol–water partition coefficient (Wildman–Crippen LogP) is 1.73. The van der Waals surface area contributed by atoms with Gasteiger partial charge in [0.25, 0.3) is 5.69 Å². The maximum absolute atomic E-state index is 10.6. The molecule has 0 bridgehead atoms. The van der Waals surface area contributed by atoms with Gasteiger partial charge in [-0.3, -0.25) is 10.1 Å². The Hall–Kier alpha value is -1.46. The van der Waals surface area contributed by atoms with Crippen molar-refractivity contribution < 1.29 is 9.76 Å². The van der Waals surface area contributed by atoms with Gasteiger partial charge < -0.3 is 4.84 Å². The van der Waals surface area contributed by atoms with Crippen molar-refractivity contribution in [3.63, 3.8) is 0 Å². The number of non-ortho nitro benzene ring substituents is 1. The Morgan fingerprint density at radius 1 is 1.60 bits per heavy atom. The molecule has 5 nitrogen and oxygen atoms in total. The summed E-state index contributed by atoms with van der Waals surface area (Å²) in [4.78, 5) is 15.4. The van der Waals surface area contributed by atoms with Gasteiger partial charge in [-0.05, 0) is 24.5 Å². The van der Waals surface area contributed by atoms with Gasteiger partial charge in [-0.15, -0.1) is 0 Å². The van der Waals surface area contributed by atoms with Crippen molar-refractivity contribution in [3.05, 3.63) is 39.4 Å². The average molecular weight is 208 g/mol. The number of hydrogen-bond acceptors (Lipinski definition) is 4. The number of nitrogens with zero attached hydrogens (tertiary/aromatic N) is 1. The number of nitro benzene ring substituents is 1. The number of nitro groups is 1. The molecule has 1 unspecified atom stereocenters. The second kappa shape index (κ2) is 3.96. The molecule has 1 heterocycles. The van der Waals surface area contributed by atoms with E-state index in [1.807, 2.05) is 6.92 Å². The molecule has 1 aliphatic heterocycles. The third kappa shape index (κ3) is 1.98. The van der Waals surface area contributed by atoms with Gasteiger partial charge in [-0.25, -0.2) is 0 Å². The summed E-state index contributed by atoms with van der Waals surface area (Å²) in [6.45, 7) is 2.51. The molecule has 0 aromatic heterocycles. The normalized spacial score (nSPS) is 20.5. The zero-order valence-electron chi connectivity index (χ0n) is 8.40. The van der Waals surface area contributed by atoms with E-state index >= 15 is 0 Å². The summed E-state index contributed by atoms with van der Waals surface area (Å²) in [6.07, 6.45) is 0.703. The van der Waals surface area contributed by atoms with Gasteiger partial charge in [0.1, 0.15) is 0 Å². The highest BCUT2D eigenvalue weighted by Crippen LogP contribution is 2.25. The highest BCUT2D eigenvalue weighted by Gasteiger charge is 2.17. The van der Waals surface area contributed by atoms with Crippen LogP contribution in [0.5, 0.6) is 0 Å². The van der Waals surface area contributed by atoms with Crippen LogP contribution in [0.4, 0.5) is 5.69 Å². The molecule has 2 rings (SSSR count). The van der Waals surface area contributed by atoms with E-state index in [9.17, 15) is 10.1 Å². The van der Waals surface area contributed by atoms with Crippen molar-refractivity contribution in [1.82, 2.24) is 5.48 Å². The van der Waals surface area contributed by atoms with Gasteiger partial charge in [0.15, 0.2) is 0 Å². The van der Waals surface area contributed by atoms with E-state index < -0.39 is 0 Å². The van der Waals surface area contributed by atoms with Crippen molar-refractivity contribution in [2.45, 2.75) is 19.4 Å². The van der Waals surface area contributed by atoms with Crippen LogP contribution in [0.3, 0.4) is 0 Å². The fraction of sp³-hybridized carbons (Fsp3) is 0.400. The zero-order valence-corrected chi connectivity index (χ0v) is 8.40. The number of hydroxylamine groups is 1. The summed E-state index contributed by atoms with van der Waals surface area (Å²) in [5.74, 6) is 0. The van der Waals surface area contributed by atoms with E-state index in [0.29, 0.717) is 13.0 Å². The van der Waals surface area contributed by atoms with Crippen molar-refractivity contribution in [2.75, 3.05) is 6.61 Å². The van der Waals surface area contributed by atoms with E-state index in [2.05, 4.69) is 5.48 Å². The fourth-order valence-electron chi connectivity index (χ4n) is 1.75. The Balaban J connectivity index is 2.42. The Morgan fingerprint density at radius 3 is 3.13 bits per heavy atom. The maximum atomic E-state index is 10.6. The van der Waals surface area contributed by atoms with Crippen LogP contribution in [-0.4, -0.2) is 11.5 Å². The summed E-state index contributed by atoms with van der Waals surface area (Å²) in [5, 5.41) is 10.6. The van der Waals surface area contributed by atoms with Crippen LogP contribution in [-0.2, 0) is 11.3 Å². The van der Waals surface area contributed by atoms with Crippen LogP contribution >= 0.6 is 0 Å². The van der Waals surface area contributed by atoms with Gasteiger partial charge in [0.05, 0.1) is 17.6 Å². The van der Waals surface area contributed by atoms with Crippen molar-refractivity contribution in [3.8, 4) is 0 Å². The molecule has 1 aliphatic rings. The fourth-order valence-corrected chi connectivity index (χ4v) is 1.75. The minimum absolute atomic E-state index is 0.0725. The van der Waals surface area contributed by atoms with Crippen molar-refractivity contribution >= 4 is 5.69 Å². The molecule has 5 heteroatoms. The van der Waals surface area contributed by atoms with Crippen molar-refractivity contribution in [1.29, 1.82) is 0 Å². The summed E-state index contributed by atoms with van der Waals surface area (Å²) < 4.78 is 0. The first-order valence-electron chi connectivity index (χ1n) is 4.83. The lowest BCUT2D eigenvalue weighted by Crippen LogP contribution is -2.17. The first kappa shape index (κ1) is 10.1. The molecular weight excluding hydrogens is 196 g/mol. The summed E-state index contributed by atoms with van der Waals surface area (Å²) >= 11 is 0. The lowest BCUT2D eigenvalue weighted by Gasteiger charge is -2.11. The quantitative estimate of drug-likeness (QED) is 0.564. The second-order valence-corrected chi connectivity index (χ2v) is 3.58. The molecule has 0 amide bonds. The van der Waals surface area contributed by atoms with Crippen molar-refractivity contribution in [2.24, 2.45) is 0 Å². The van der Waals surface area contributed by atoms with Gasteiger partial charge in [-0.1, -0.05) is 6.07 Å². The van der Waals surface area contributed by atoms with E-state index in [1.54, 1.807) is 12.1 Å². The van der Waals surface area contributed by atoms with Gasteiger partial charge in [0.2, 0.25) is 0 Å². The molecule has 1 aromatic carbocycles. The minimum atomic E-state index is -0.371. The Kier molecular flexibility index (Phi) is 2.66. The van der Waals surface area contributed by atoms with Crippen LogP contribution in [0.15, 0.2) is 18.2 Å². The summed E-state index contributed by atoms with van der Waals surface area (Å²) in [6, 6.07) is 5.02. The summed E-state index contributed by atoms with van der Waals surface area (Å²) in [5.41, 5.74) is 5.08. The van der Waals surface area contributed by atoms with E-state index in [0.717, 1.165) is 11.1 Å². The van der Waals surface area contributed by atoms with Crippen LogP contribution in [0.25, 0.3) is 0 Å². The molecule has 15 heavy (non-hydrogen) atoms. The molecular formula is C10H12N2O3. The smallest absolute Gasteiger partial charge is 0.269 e. The van der Waals surface area contributed by atoms with Gasteiger partial charge in [0, 0.05) is 12.1 Å². The third-order valence-electron chi connectivity index (χ3n) is 2.54. The standard InChI is InChI=1S/C10H12N2O3/c1-7-10-3-2-9(12(13)14)6-8(10)4-5-15-11-7/h2-3,6-7,11H,4-5H2,1H3. The molecule has 1 aromatic rings. The third-order valence-corrected chi connectivity index (χ3v) is 2.54. The first-order valence-corrected chi connectivity index (χ1v) is 4.83. The molecule has 0 spiro atoms. The highest BCUT2D eigenvalue weighted by atomic mass is 16.6. The Labute approximate surface area is 87.2 Å². The molecule has 1 atom stereocenters. The largest absolute Gasteiger partial charge is 0.301 e. The Bertz CT molecular complexity index is 392. The lowest BCUT2D eigenvalue weighted by atomic mass is 9.99. The molecule has 0 radical (unpaired) electrons. The number of fused-ring (bicyclic) bond motifs is 1. The number of rotatable bonds is 1.